The maximum Gasteiger partial charge on any atom is 0.314 e. The number of nitrogens with zero attached hydrogens (tertiary/aromatic N) is 1. The Morgan fingerprint density at radius 1 is 1.47 bits per heavy atom. The number of amides is 2. The Hall–Kier alpha value is -0.810. The van der Waals surface area contributed by atoms with Gasteiger partial charge in [0.1, 0.15) is 0 Å². The van der Waals surface area contributed by atoms with Crippen molar-refractivity contribution in [2.45, 2.75) is 32.7 Å². The van der Waals surface area contributed by atoms with Crippen molar-refractivity contribution in [3.8, 4) is 0 Å². The smallest absolute Gasteiger partial charge is 0.314 e. The Bertz CT molecular complexity index is 226. The van der Waals surface area contributed by atoms with Crippen molar-refractivity contribution in [3.63, 3.8) is 0 Å². The van der Waals surface area contributed by atoms with Crippen molar-refractivity contribution in [1.82, 2.24) is 10.2 Å². The summed E-state index contributed by atoms with van der Waals surface area (Å²) < 4.78 is 5.50. The molecule has 0 unspecified atom stereocenters. The number of carbonyl (C=O) groups is 1. The summed E-state index contributed by atoms with van der Waals surface area (Å²) in [6.45, 7) is 8.28. The first kappa shape index (κ1) is 14.3. The molecule has 0 aromatic heterocycles. The van der Waals surface area contributed by atoms with Crippen LogP contribution in [-0.4, -0.2) is 49.8 Å². The molecule has 0 spiro atoms. The molecule has 0 radical (unpaired) electrons. The van der Waals surface area contributed by atoms with E-state index < -0.39 is 0 Å². The Balaban J connectivity index is 2.01. The third-order valence-corrected chi connectivity index (χ3v) is 2.94. The van der Waals surface area contributed by atoms with E-state index in [0.29, 0.717) is 12.0 Å². The van der Waals surface area contributed by atoms with E-state index in [2.05, 4.69) is 19.2 Å². The zero-order chi connectivity index (χ0) is 12.7. The van der Waals surface area contributed by atoms with Crippen LogP contribution in [0, 0.1) is 5.92 Å². The maximum atomic E-state index is 10.9. The molecular formula is C12H25N3O2. The first-order valence-electron chi connectivity index (χ1n) is 6.45. The summed E-state index contributed by atoms with van der Waals surface area (Å²) in [5, 5.41) is 3.45. The molecule has 0 aromatic carbocycles. The number of piperidine rings is 1. The van der Waals surface area contributed by atoms with Crippen LogP contribution in [0.1, 0.15) is 26.7 Å². The van der Waals surface area contributed by atoms with Gasteiger partial charge in [-0.05, 0) is 18.8 Å². The number of nitrogens with one attached hydrogen (secondary N) is 1. The lowest BCUT2D eigenvalue weighted by atomic mass is 10.1. The SMILES string of the molecule is CC(C)COCCNC1CCN(C(N)=O)CC1. The number of nitrogens with two attached hydrogens (primary N) is 1. The van der Waals surface area contributed by atoms with E-state index in [1.807, 2.05) is 0 Å². The highest BCUT2D eigenvalue weighted by atomic mass is 16.5. The predicted molar refractivity (Wildman–Crippen MR) is 67.8 cm³/mol. The first-order chi connectivity index (χ1) is 8.09. The van der Waals surface area contributed by atoms with Crippen LogP contribution in [-0.2, 0) is 4.74 Å². The standard InChI is InChI=1S/C12H25N3O2/c1-10(2)9-17-8-5-14-11-3-6-15(7-4-11)12(13)16/h10-11,14H,3-9H2,1-2H3,(H2,13,16). The summed E-state index contributed by atoms with van der Waals surface area (Å²) in [6.07, 6.45) is 1.96. The summed E-state index contributed by atoms with van der Waals surface area (Å²) in [7, 11) is 0. The number of likely N-dealkylation sites (tertiary alicyclic amines) is 1. The average molecular weight is 243 g/mol. The van der Waals surface area contributed by atoms with Gasteiger partial charge in [0.05, 0.1) is 6.61 Å². The van der Waals surface area contributed by atoms with Crippen LogP contribution in [0.2, 0.25) is 0 Å². The Morgan fingerprint density at radius 2 is 2.12 bits per heavy atom. The molecule has 1 aliphatic heterocycles. The summed E-state index contributed by atoms with van der Waals surface area (Å²) >= 11 is 0. The molecule has 1 heterocycles. The number of hydrogen-bond donors (Lipinski definition) is 2. The van der Waals surface area contributed by atoms with Crippen LogP contribution in [0.3, 0.4) is 0 Å². The fourth-order valence-corrected chi connectivity index (χ4v) is 1.96. The molecule has 1 saturated heterocycles. The topological polar surface area (TPSA) is 67.6 Å². The molecule has 5 nitrogen and oxygen atoms in total. The molecule has 100 valence electrons. The molecule has 0 bridgehead atoms. The number of ether oxygens (including phenoxy) is 1. The number of primary amides is 1. The van der Waals surface area contributed by atoms with Crippen molar-refractivity contribution in [1.29, 1.82) is 0 Å². The van der Waals surface area contributed by atoms with Crippen molar-refractivity contribution in [3.05, 3.63) is 0 Å². The van der Waals surface area contributed by atoms with Crippen molar-refractivity contribution in [2.75, 3.05) is 32.8 Å². The summed E-state index contributed by atoms with van der Waals surface area (Å²) in [5.41, 5.74) is 5.23. The fraction of sp³-hybridized carbons (Fsp3) is 0.917. The number of hydrogen-bond acceptors (Lipinski definition) is 3. The van der Waals surface area contributed by atoms with Crippen LogP contribution in [0.25, 0.3) is 0 Å². The lowest BCUT2D eigenvalue weighted by molar-refractivity contribution is 0.107. The average Bonchev–Trinajstić information content (AvgIpc) is 2.29. The van der Waals surface area contributed by atoms with E-state index in [1.54, 1.807) is 4.90 Å². The van der Waals surface area contributed by atoms with Gasteiger partial charge in [0, 0.05) is 32.3 Å². The van der Waals surface area contributed by atoms with Gasteiger partial charge in [-0.25, -0.2) is 4.79 Å². The number of rotatable bonds is 6. The number of carbonyl (C=O) groups excluding carboxylic acids is 1. The zero-order valence-corrected chi connectivity index (χ0v) is 10.9. The quantitative estimate of drug-likeness (QED) is 0.678. The first-order valence-corrected chi connectivity index (χ1v) is 6.45. The van der Waals surface area contributed by atoms with Gasteiger partial charge in [-0.15, -0.1) is 0 Å². The summed E-state index contributed by atoms with van der Waals surface area (Å²) in [6, 6.07) is 0.192. The second-order valence-electron chi connectivity index (χ2n) is 5.02. The molecule has 1 fully saturated rings. The van der Waals surface area contributed by atoms with E-state index in [4.69, 9.17) is 10.5 Å². The third kappa shape index (κ3) is 5.89. The maximum absolute atomic E-state index is 10.9. The highest BCUT2D eigenvalue weighted by Crippen LogP contribution is 2.09. The van der Waals surface area contributed by atoms with Crippen molar-refractivity contribution >= 4 is 6.03 Å². The lowest BCUT2D eigenvalue weighted by Gasteiger charge is -2.31. The van der Waals surface area contributed by atoms with E-state index >= 15 is 0 Å². The third-order valence-electron chi connectivity index (χ3n) is 2.94. The molecule has 1 aliphatic rings. The second kappa shape index (κ2) is 7.50. The van der Waals surface area contributed by atoms with Gasteiger partial charge in [0.15, 0.2) is 0 Å². The van der Waals surface area contributed by atoms with E-state index in [-0.39, 0.29) is 6.03 Å². The molecule has 2 amide bonds. The normalized spacial score (nSPS) is 17.7. The molecule has 0 aromatic rings. The van der Waals surface area contributed by atoms with E-state index in [9.17, 15) is 4.79 Å². The van der Waals surface area contributed by atoms with Gasteiger partial charge in [-0.3, -0.25) is 0 Å². The molecule has 0 atom stereocenters. The van der Waals surface area contributed by atoms with Gasteiger partial charge in [0.25, 0.3) is 0 Å². The second-order valence-corrected chi connectivity index (χ2v) is 5.02. The minimum atomic E-state index is -0.302. The Kier molecular flexibility index (Phi) is 6.29. The van der Waals surface area contributed by atoms with Gasteiger partial charge < -0.3 is 20.7 Å². The largest absolute Gasteiger partial charge is 0.380 e. The fourth-order valence-electron chi connectivity index (χ4n) is 1.96. The molecule has 5 heteroatoms. The molecule has 0 aliphatic carbocycles. The van der Waals surface area contributed by atoms with Gasteiger partial charge in [0.2, 0.25) is 0 Å². The molecular weight excluding hydrogens is 218 g/mol. The van der Waals surface area contributed by atoms with E-state index in [0.717, 1.165) is 45.7 Å². The van der Waals surface area contributed by atoms with E-state index in [1.165, 1.54) is 0 Å². The van der Waals surface area contributed by atoms with Gasteiger partial charge in [-0.1, -0.05) is 13.8 Å². The minimum absolute atomic E-state index is 0.302. The molecule has 1 rings (SSSR count). The van der Waals surface area contributed by atoms with Crippen LogP contribution in [0.4, 0.5) is 4.79 Å². The monoisotopic (exact) mass is 243 g/mol. The van der Waals surface area contributed by atoms with Gasteiger partial charge >= 0.3 is 6.03 Å². The molecule has 0 saturated carbocycles. The van der Waals surface area contributed by atoms with Crippen LogP contribution >= 0.6 is 0 Å². The van der Waals surface area contributed by atoms with Gasteiger partial charge in [-0.2, -0.15) is 0 Å². The predicted octanol–water partition coefficient (Wildman–Crippen LogP) is 0.792. The van der Waals surface area contributed by atoms with Crippen molar-refractivity contribution < 1.29 is 9.53 Å². The highest BCUT2D eigenvalue weighted by molar-refractivity contribution is 5.72. The van der Waals surface area contributed by atoms with Crippen molar-refractivity contribution in [2.24, 2.45) is 11.7 Å². The highest BCUT2D eigenvalue weighted by Gasteiger charge is 2.20. The summed E-state index contributed by atoms with van der Waals surface area (Å²) in [5.74, 6) is 0.591. The lowest BCUT2D eigenvalue weighted by Crippen LogP contribution is -2.47. The van der Waals surface area contributed by atoms with Crippen LogP contribution in [0.5, 0.6) is 0 Å². The number of urea groups is 1. The van der Waals surface area contributed by atoms with Crippen LogP contribution < -0.4 is 11.1 Å². The molecule has 3 N–H and O–H groups in total. The Morgan fingerprint density at radius 3 is 2.65 bits per heavy atom. The zero-order valence-electron chi connectivity index (χ0n) is 10.9. The van der Waals surface area contributed by atoms with Crippen LogP contribution in [0.15, 0.2) is 0 Å². The minimum Gasteiger partial charge on any atom is -0.380 e. The summed E-state index contributed by atoms with van der Waals surface area (Å²) in [4.78, 5) is 12.6. The molecule has 17 heavy (non-hydrogen) atoms. The Labute approximate surface area is 104 Å².